The Kier molecular flexibility index (Phi) is 4.81. The summed E-state index contributed by atoms with van der Waals surface area (Å²) in [5.41, 5.74) is 4.75. The molecule has 0 aliphatic heterocycles. The van der Waals surface area contributed by atoms with E-state index in [0.717, 1.165) is 40.4 Å². The van der Waals surface area contributed by atoms with Crippen molar-refractivity contribution in [3.63, 3.8) is 0 Å². The Labute approximate surface area is 111 Å². The number of hydrogen-bond donors (Lipinski definition) is 2. The van der Waals surface area contributed by atoms with Gasteiger partial charge >= 0.3 is 0 Å². The molecule has 96 valence electrons. The number of nitrogens with two attached hydrogens (primary N) is 1. The molecule has 0 radical (unpaired) electrons. The fraction of sp³-hybridized carbons (Fsp3) is 0.308. The summed E-state index contributed by atoms with van der Waals surface area (Å²) < 4.78 is 5.03. The number of pyridine rings is 1. The lowest BCUT2D eigenvalue weighted by molar-refractivity contribution is 0.218. The van der Waals surface area contributed by atoms with Crippen LogP contribution in [0.4, 0.5) is 5.82 Å². The maximum absolute atomic E-state index is 5.53. The topological polar surface area (TPSA) is 60.2 Å². The van der Waals surface area contributed by atoms with Gasteiger partial charge in [0.05, 0.1) is 12.1 Å². The molecule has 3 N–H and O–H groups in total. The van der Waals surface area contributed by atoms with Crippen molar-refractivity contribution in [3.05, 3.63) is 35.9 Å². The zero-order valence-corrected chi connectivity index (χ0v) is 11.2. The number of methoxy groups -OCH3 is 1. The molecule has 0 bridgehead atoms. The van der Waals surface area contributed by atoms with Crippen molar-refractivity contribution in [2.45, 2.75) is 5.75 Å². The molecule has 0 saturated heterocycles. The van der Waals surface area contributed by atoms with Crippen LogP contribution in [-0.2, 0) is 10.5 Å². The Bertz CT molecular complexity index is 519. The summed E-state index contributed by atoms with van der Waals surface area (Å²) in [4.78, 5) is 4.51. The summed E-state index contributed by atoms with van der Waals surface area (Å²) in [5, 5.41) is 1.14. The number of hydrazine groups is 1. The maximum atomic E-state index is 5.53. The Balaban J connectivity index is 2.19. The van der Waals surface area contributed by atoms with Crippen LogP contribution in [0, 0.1) is 0 Å². The van der Waals surface area contributed by atoms with Gasteiger partial charge in [0.25, 0.3) is 0 Å². The molecule has 0 amide bonds. The summed E-state index contributed by atoms with van der Waals surface area (Å²) >= 11 is 1.81. The molecule has 18 heavy (non-hydrogen) atoms. The lowest BCUT2D eigenvalue weighted by Gasteiger charge is -2.09. The second-order valence-corrected chi connectivity index (χ2v) is 4.98. The van der Waals surface area contributed by atoms with Gasteiger partial charge in [0.15, 0.2) is 0 Å². The number of nitrogens with zero attached hydrogens (tertiary/aromatic N) is 1. The number of rotatable bonds is 6. The molecule has 0 unspecified atom stereocenters. The minimum absolute atomic E-state index is 0.749. The molecule has 0 spiro atoms. The summed E-state index contributed by atoms with van der Waals surface area (Å²) in [6.45, 7) is 0.761. The third-order valence-electron chi connectivity index (χ3n) is 2.63. The molecule has 1 heterocycles. The molecule has 4 nitrogen and oxygen atoms in total. The molecule has 2 aromatic rings. The van der Waals surface area contributed by atoms with Crippen molar-refractivity contribution < 1.29 is 4.74 Å². The van der Waals surface area contributed by atoms with Gasteiger partial charge in [0.2, 0.25) is 0 Å². The van der Waals surface area contributed by atoms with Gasteiger partial charge in [0, 0.05) is 29.6 Å². The number of anilines is 1. The molecule has 0 atom stereocenters. The highest BCUT2D eigenvalue weighted by Crippen LogP contribution is 2.23. The molecule has 1 aromatic carbocycles. The third kappa shape index (κ3) is 3.13. The van der Waals surface area contributed by atoms with Crippen LogP contribution in [0.25, 0.3) is 10.9 Å². The van der Waals surface area contributed by atoms with E-state index in [1.807, 2.05) is 30.0 Å². The number of para-hydroxylation sites is 1. The van der Waals surface area contributed by atoms with Gasteiger partial charge in [-0.25, -0.2) is 10.8 Å². The van der Waals surface area contributed by atoms with Crippen LogP contribution >= 0.6 is 11.8 Å². The smallest absolute Gasteiger partial charge is 0.144 e. The zero-order chi connectivity index (χ0) is 12.8. The number of hydrogen-bond acceptors (Lipinski definition) is 5. The van der Waals surface area contributed by atoms with Gasteiger partial charge in [-0.15, -0.1) is 0 Å². The minimum atomic E-state index is 0.749. The van der Waals surface area contributed by atoms with E-state index in [0.29, 0.717) is 0 Å². The Hall–Kier alpha value is -1.30. The van der Waals surface area contributed by atoms with Crippen molar-refractivity contribution in [1.82, 2.24) is 4.98 Å². The van der Waals surface area contributed by atoms with Gasteiger partial charge in [-0.05, 0) is 12.1 Å². The predicted octanol–water partition coefficient (Wildman–Crippen LogP) is 2.40. The second-order valence-electron chi connectivity index (χ2n) is 3.88. The first-order valence-corrected chi connectivity index (χ1v) is 6.92. The molecule has 0 fully saturated rings. The fourth-order valence-corrected chi connectivity index (χ4v) is 2.59. The van der Waals surface area contributed by atoms with E-state index >= 15 is 0 Å². The lowest BCUT2D eigenvalue weighted by atomic mass is 10.1. The van der Waals surface area contributed by atoms with Crippen LogP contribution < -0.4 is 11.3 Å². The van der Waals surface area contributed by atoms with Gasteiger partial charge in [-0.3, -0.25) is 0 Å². The molecular formula is C13H17N3OS. The van der Waals surface area contributed by atoms with E-state index in [2.05, 4.69) is 22.5 Å². The zero-order valence-electron chi connectivity index (χ0n) is 10.3. The van der Waals surface area contributed by atoms with Crippen molar-refractivity contribution in [2.75, 3.05) is 24.9 Å². The summed E-state index contributed by atoms with van der Waals surface area (Å²) in [5.74, 6) is 8.12. The van der Waals surface area contributed by atoms with E-state index in [9.17, 15) is 0 Å². The van der Waals surface area contributed by atoms with Gasteiger partial charge in [-0.1, -0.05) is 18.2 Å². The number of aromatic nitrogens is 1. The van der Waals surface area contributed by atoms with Crippen LogP contribution in [0.2, 0.25) is 0 Å². The van der Waals surface area contributed by atoms with E-state index in [4.69, 9.17) is 10.6 Å². The average Bonchev–Trinajstić information content (AvgIpc) is 2.42. The van der Waals surface area contributed by atoms with E-state index in [1.165, 1.54) is 0 Å². The second kappa shape index (κ2) is 6.58. The van der Waals surface area contributed by atoms with Gasteiger partial charge in [-0.2, -0.15) is 11.8 Å². The first kappa shape index (κ1) is 13.1. The van der Waals surface area contributed by atoms with Gasteiger partial charge < -0.3 is 10.2 Å². The molecule has 1 aromatic heterocycles. The summed E-state index contributed by atoms with van der Waals surface area (Å²) in [7, 11) is 1.71. The molecule has 2 rings (SSSR count). The van der Waals surface area contributed by atoms with E-state index in [1.54, 1.807) is 7.11 Å². The lowest BCUT2D eigenvalue weighted by Crippen LogP contribution is -2.11. The highest BCUT2D eigenvalue weighted by Gasteiger charge is 2.05. The number of ether oxygens (including phenoxy) is 1. The van der Waals surface area contributed by atoms with Crippen LogP contribution in [0.5, 0.6) is 0 Å². The molecule has 0 aliphatic rings. The highest BCUT2D eigenvalue weighted by molar-refractivity contribution is 7.98. The largest absolute Gasteiger partial charge is 0.384 e. The van der Waals surface area contributed by atoms with Crippen molar-refractivity contribution in [1.29, 1.82) is 0 Å². The predicted molar refractivity (Wildman–Crippen MR) is 77.6 cm³/mol. The fourth-order valence-electron chi connectivity index (χ4n) is 1.72. The van der Waals surface area contributed by atoms with Crippen molar-refractivity contribution in [3.8, 4) is 0 Å². The Morgan fingerprint density at radius 1 is 1.39 bits per heavy atom. The number of benzene rings is 1. The minimum Gasteiger partial charge on any atom is -0.384 e. The Morgan fingerprint density at radius 2 is 2.22 bits per heavy atom. The third-order valence-corrected chi connectivity index (χ3v) is 3.60. The SMILES string of the molecule is COCCSCc1cc2ccccc2nc1NN. The van der Waals surface area contributed by atoms with Crippen molar-refractivity contribution in [2.24, 2.45) is 5.84 Å². The number of thioether (sulfide) groups is 1. The highest BCUT2D eigenvalue weighted by atomic mass is 32.2. The number of fused-ring (bicyclic) bond motifs is 1. The molecular weight excluding hydrogens is 246 g/mol. The molecule has 0 saturated carbocycles. The van der Waals surface area contributed by atoms with Crippen LogP contribution in [0.15, 0.2) is 30.3 Å². The standard InChI is InChI=1S/C13H17N3OS/c1-17-6-7-18-9-11-8-10-4-2-3-5-12(10)15-13(11)16-14/h2-5,8H,6-7,9,14H2,1H3,(H,15,16). The van der Waals surface area contributed by atoms with Gasteiger partial charge in [0.1, 0.15) is 5.82 Å². The van der Waals surface area contributed by atoms with Crippen LogP contribution in [0.3, 0.4) is 0 Å². The van der Waals surface area contributed by atoms with Crippen LogP contribution in [-0.4, -0.2) is 24.5 Å². The monoisotopic (exact) mass is 263 g/mol. The number of nitrogen functional groups attached to an aromatic ring is 1. The van der Waals surface area contributed by atoms with Crippen molar-refractivity contribution >= 4 is 28.5 Å². The quantitative estimate of drug-likeness (QED) is 0.476. The summed E-state index contributed by atoms with van der Waals surface area (Å²) in [6.07, 6.45) is 0. The summed E-state index contributed by atoms with van der Waals surface area (Å²) in [6, 6.07) is 10.2. The molecule has 5 heteroatoms. The van der Waals surface area contributed by atoms with Crippen LogP contribution in [0.1, 0.15) is 5.56 Å². The van der Waals surface area contributed by atoms with E-state index in [-0.39, 0.29) is 0 Å². The van der Waals surface area contributed by atoms with E-state index < -0.39 is 0 Å². The normalized spacial score (nSPS) is 10.8. The number of nitrogens with one attached hydrogen (secondary N) is 1. The molecule has 0 aliphatic carbocycles. The first-order chi connectivity index (χ1) is 8.85. The Morgan fingerprint density at radius 3 is 3.00 bits per heavy atom. The average molecular weight is 263 g/mol. The first-order valence-electron chi connectivity index (χ1n) is 5.77. The maximum Gasteiger partial charge on any atom is 0.144 e.